The summed E-state index contributed by atoms with van der Waals surface area (Å²) in [5, 5.41) is 11.7. The lowest BCUT2D eigenvalue weighted by Gasteiger charge is -2.14. The quantitative estimate of drug-likeness (QED) is 0.803. The highest BCUT2D eigenvalue weighted by Crippen LogP contribution is 2.05. The molecule has 0 radical (unpaired) electrons. The van der Waals surface area contributed by atoms with Crippen LogP contribution >= 0.6 is 0 Å². The normalized spacial score (nSPS) is 12.5. The van der Waals surface area contributed by atoms with Gasteiger partial charge in [-0.1, -0.05) is 37.3 Å². The fourth-order valence-corrected chi connectivity index (χ4v) is 2.24. The molecule has 0 saturated carbocycles. The van der Waals surface area contributed by atoms with E-state index in [0.717, 1.165) is 38.2 Å². The highest BCUT2D eigenvalue weighted by atomic mass is 15.3. The predicted octanol–water partition coefficient (Wildman–Crippen LogP) is 2.80. The zero-order valence-corrected chi connectivity index (χ0v) is 12.4. The van der Waals surface area contributed by atoms with E-state index < -0.39 is 0 Å². The minimum atomic E-state index is 0.474. The Hall–Kier alpha value is -1.68. The summed E-state index contributed by atoms with van der Waals surface area (Å²) in [6.07, 6.45) is 5.16. The second-order valence-corrected chi connectivity index (χ2v) is 5.25. The van der Waals surface area contributed by atoms with E-state index in [1.165, 1.54) is 5.56 Å². The smallest absolute Gasteiger partial charge is 0.146 e. The molecule has 0 amide bonds. The summed E-state index contributed by atoms with van der Waals surface area (Å²) >= 11 is 0. The third kappa shape index (κ3) is 4.46. The van der Waals surface area contributed by atoms with Crippen LogP contribution in [0.15, 0.2) is 36.7 Å². The molecular formula is C16H24N4. The molecule has 108 valence electrons. The zero-order chi connectivity index (χ0) is 14.2. The van der Waals surface area contributed by atoms with Gasteiger partial charge in [0.25, 0.3) is 0 Å². The van der Waals surface area contributed by atoms with Crippen molar-refractivity contribution in [2.45, 2.75) is 52.2 Å². The van der Waals surface area contributed by atoms with Crippen LogP contribution in [0.4, 0.5) is 0 Å². The molecule has 1 aromatic heterocycles. The van der Waals surface area contributed by atoms with Crippen molar-refractivity contribution >= 4 is 0 Å². The molecule has 1 unspecified atom stereocenters. The van der Waals surface area contributed by atoms with Crippen molar-refractivity contribution in [2.75, 3.05) is 0 Å². The van der Waals surface area contributed by atoms with Crippen molar-refractivity contribution in [3.8, 4) is 0 Å². The first-order valence-electron chi connectivity index (χ1n) is 7.43. The van der Waals surface area contributed by atoms with E-state index in [1.807, 2.05) is 6.33 Å². The van der Waals surface area contributed by atoms with Crippen molar-refractivity contribution in [1.82, 2.24) is 20.1 Å². The van der Waals surface area contributed by atoms with Gasteiger partial charge in [-0.2, -0.15) is 0 Å². The van der Waals surface area contributed by atoms with Crippen molar-refractivity contribution in [3.05, 3.63) is 48.0 Å². The summed E-state index contributed by atoms with van der Waals surface area (Å²) in [6.45, 7) is 6.17. The molecule has 1 aromatic carbocycles. The van der Waals surface area contributed by atoms with Crippen LogP contribution in [0.3, 0.4) is 0 Å². The Kier molecular flexibility index (Phi) is 5.74. The molecule has 1 N–H and O–H groups in total. The summed E-state index contributed by atoms with van der Waals surface area (Å²) in [6, 6.07) is 11.1. The summed E-state index contributed by atoms with van der Waals surface area (Å²) in [7, 11) is 0. The third-order valence-electron chi connectivity index (χ3n) is 3.48. The van der Waals surface area contributed by atoms with E-state index in [0.29, 0.717) is 6.04 Å². The monoisotopic (exact) mass is 272 g/mol. The van der Waals surface area contributed by atoms with Gasteiger partial charge in [-0.15, -0.1) is 10.2 Å². The van der Waals surface area contributed by atoms with Gasteiger partial charge in [0.2, 0.25) is 0 Å². The van der Waals surface area contributed by atoms with Gasteiger partial charge in [0.15, 0.2) is 0 Å². The van der Waals surface area contributed by atoms with Gasteiger partial charge < -0.3 is 9.88 Å². The van der Waals surface area contributed by atoms with Gasteiger partial charge in [0.1, 0.15) is 12.2 Å². The van der Waals surface area contributed by atoms with Crippen molar-refractivity contribution in [2.24, 2.45) is 0 Å². The van der Waals surface area contributed by atoms with Crippen LogP contribution in [0.1, 0.15) is 38.1 Å². The maximum absolute atomic E-state index is 4.18. The number of hydrogen-bond acceptors (Lipinski definition) is 3. The van der Waals surface area contributed by atoms with E-state index in [-0.39, 0.29) is 0 Å². The van der Waals surface area contributed by atoms with Gasteiger partial charge in [-0.25, -0.2) is 0 Å². The molecular weight excluding hydrogens is 248 g/mol. The SMILES string of the molecule is CCCn1cnnc1CNC(C)CCc1ccccc1. The summed E-state index contributed by atoms with van der Waals surface area (Å²) < 4.78 is 2.12. The lowest BCUT2D eigenvalue weighted by Crippen LogP contribution is -2.27. The van der Waals surface area contributed by atoms with Gasteiger partial charge >= 0.3 is 0 Å². The minimum Gasteiger partial charge on any atom is -0.317 e. The Morgan fingerprint density at radius 3 is 2.80 bits per heavy atom. The largest absolute Gasteiger partial charge is 0.317 e. The van der Waals surface area contributed by atoms with E-state index >= 15 is 0 Å². The highest BCUT2D eigenvalue weighted by Gasteiger charge is 2.06. The van der Waals surface area contributed by atoms with Gasteiger partial charge in [0.05, 0.1) is 6.54 Å². The number of nitrogens with one attached hydrogen (secondary N) is 1. The molecule has 4 heteroatoms. The van der Waals surface area contributed by atoms with Gasteiger partial charge in [-0.3, -0.25) is 0 Å². The van der Waals surface area contributed by atoms with Gasteiger partial charge in [0, 0.05) is 12.6 Å². The Morgan fingerprint density at radius 1 is 1.25 bits per heavy atom. The standard InChI is InChI=1S/C16H24N4/c1-3-11-20-13-18-19-16(20)12-17-14(2)9-10-15-7-5-4-6-8-15/h4-8,13-14,17H,3,9-12H2,1-2H3. The van der Waals surface area contributed by atoms with Crippen molar-refractivity contribution < 1.29 is 0 Å². The van der Waals surface area contributed by atoms with Crippen LogP contribution in [-0.2, 0) is 19.5 Å². The first kappa shape index (κ1) is 14.7. The average Bonchev–Trinajstić information content (AvgIpc) is 2.92. The number of rotatable bonds is 8. The summed E-state index contributed by atoms with van der Waals surface area (Å²) in [4.78, 5) is 0. The van der Waals surface area contributed by atoms with Gasteiger partial charge in [-0.05, 0) is 31.7 Å². The maximum Gasteiger partial charge on any atom is 0.146 e. The topological polar surface area (TPSA) is 42.7 Å². The molecule has 1 atom stereocenters. The lowest BCUT2D eigenvalue weighted by molar-refractivity contribution is 0.490. The fraction of sp³-hybridized carbons (Fsp3) is 0.500. The second kappa shape index (κ2) is 7.80. The Labute approximate surface area is 121 Å². The molecule has 0 spiro atoms. The van der Waals surface area contributed by atoms with Crippen molar-refractivity contribution in [1.29, 1.82) is 0 Å². The number of aryl methyl sites for hydroxylation is 2. The number of benzene rings is 1. The van der Waals surface area contributed by atoms with Crippen LogP contribution in [0.25, 0.3) is 0 Å². The van der Waals surface area contributed by atoms with E-state index in [9.17, 15) is 0 Å². The molecule has 0 aliphatic rings. The number of hydrogen-bond donors (Lipinski definition) is 1. The molecule has 2 rings (SSSR count). The first-order chi connectivity index (χ1) is 9.79. The average molecular weight is 272 g/mol. The molecule has 20 heavy (non-hydrogen) atoms. The zero-order valence-electron chi connectivity index (χ0n) is 12.4. The Bertz CT molecular complexity index is 492. The first-order valence-corrected chi connectivity index (χ1v) is 7.43. The fourth-order valence-electron chi connectivity index (χ4n) is 2.24. The third-order valence-corrected chi connectivity index (χ3v) is 3.48. The van der Waals surface area contributed by atoms with E-state index in [1.54, 1.807) is 0 Å². The highest BCUT2D eigenvalue weighted by molar-refractivity contribution is 5.14. The van der Waals surface area contributed by atoms with E-state index in [2.05, 4.69) is 64.3 Å². The molecule has 0 bridgehead atoms. The molecule has 4 nitrogen and oxygen atoms in total. The number of aromatic nitrogens is 3. The second-order valence-electron chi connectivity index (χ2n) is 5.25. The Balaban J connectivity index is 1.74. The lowest BCUT2D eigenvalue weighted by atomic mass is 10.1. The molecule has 0 aliphatic carbocycles. The van der Waals surface area contributed by atoms with E-state index in [4.69, 9.17) is 0 Å². The molecule has 0 saturated heterocycles. The molecule has 1 heterocycles. The van der Waals surface area contributed by atoms with Crippen molar-refractivity contribution in [3.63, 3.8) is 0 Å². The van der Waals surface area contributed by atoms with Crippen LogP contribution < -0.4 is 5.32 Å². The minimum absolute atomic E-state index is 0.474. The summed E-state index contributed by atoms with van der Waals surface area (Å²) in [5.74, 6) is 1.03. The molecule has 2 aromatic rings. The maximum atomic E-state index is 4.18. The Morgan fingerprint density at radius 2 is 2.05 bits per heavy atom. The number of nitrogens with zero attached hydrogens (tertiary/aromatic N) is 3. The summed E-state index contributed by atoms with van der Waals surface area (Å²) in [5.41, 5.74) is 1.40. The van der Waals surface area contributed by atoms with Crippen LogP contribution in [-0.4, -0.2) is 20.8 Å². The van der Waals surface area contributed by atoms with Crippen LogP contribution in [0.5, 0.6) is 0 Å². The molecule has 0 fully saturated rings. The predicted molar refractivity (Wildman–Crippen MR) is 81.4 cm³/mol. The van der Waals surface area contributed by atoms with Crippen LogP contribution in [0, 0.1) is 0 Å². The molecule has 0 aliphatic heterocycles. The van der Waals surface area contributed by atoms with Crippen LogP contribution in [0.2, 0.25) is 0 Å².